The second-order valence-corrected chi connectivity index (χ2v) is 6.71. The number of carbonyl (C=O) groups excluding carboxylic acids is 2. The Morgan fingerprint density at radius 3 is 2.55 bits per heavy atom. The SMILES string of the molecule is Cc1cc(C)c(C(=O)N2C[C@H]3CCCN3C(=O)[C@H]2C)cc1C. The molecule has 0 aromatic heterocycles. The summed E-state index contributed by atoms with van der Waals surface area (Å²) in [6.45, 7) is 9.41. The molecule has 0 N–H and O–H groups in total. The van der Waals surface area contributed by atoms with Gasteiger partial charge in [0.05, 0.1) is 0 Å². The first-order valence-electron chi connectivity index (χ1n) is 8.09. The van der Waals surface area contributed by atoms with Crippen LogP contribution in [0, 0.1) is 20.8 Å². The van der Waals surface area contributed by atoms with Crippen LogP contribution in [0.3, 0.4) is 0 Å². The highest BCUT2D eigenvalue weighted by molar-refractivity contribution is 5.99. The molecule has 0 radical (unpaired) electrons. The minimum Gasteiger partial charge on any atom is -0.336 e. The Hall–Kier alpha value is -1.84. The normalized spacial score (nSPS) is 24.6. The van der Waals surface area contributed by atoms with E-state index in [0.717, 1.165) is 36.1 Å². The molecule has 118 valence electrons. The van der Waals surface area contributed by atoms with Crippen molar-refractivity contribution in [1.82, 2.24) is 9.80 Å². The maximum Gasteiger partial charge on any atom is 0.254 e. The molecule has 0 saturated carbocycles. The molecule has 2 heterocycles. The molecule has 4 nitrogen and oxygen atoms in total. The van der Waals surface area contributed by atoms with Gasteiger partial charge in [0.1, 0.15) is 6.04 Å². The van der Waals surface area contributed by atoms with E-state index in [2.05, 4.69) is 13.0 Å². The number of hydrogen-bond donors (Lipinski definition) is 0. The third kappa shape index (κ3) is 2.31. The molecule has 2 amide bonds. The number of nitrogens with zero attached hydrogens (tertiary/aromatic N) is 2. The van der Waals surface area contributed by atoms with Gasteiger partial charge < -0.3 is 9.80 Å². The van der Waals surface area contributed by atoms with Gasteiger partial charge in [0.2, 0.25) is 5.91 Å². The number of amides is 2. The summed E-state index contributed by atoms with van der Waals surface area (Å²) in [4.78, 5) is 29.2. The zero-order valence-corrected chi connectivity index (χ0v) is 13.8. The molecule has 2 fully saturated rings. The summed E-state index contributed by atoms with van der Waals surface area (Å²) in [5.74, 6) is 0.0941. The van der Waals surface area contributed by atoms with Crippen molar-refractivity contribution in [3.05, 3.63) is 34.4 Å². The van der Waals surface area contributed by atoms with Crippen molar-refractivity contribution in [3.8, 4) is 0 Å². The number of rotatable bonds is 1. The van der Waals surface area contributed by atoms with Crippen LogP contribution in [0.4, 0.5) is 0 Å². The van der Waals surface area contributed by atoms with Crippen LogP contribution >= 0.6 is 0 Å². The van der Waals surface area contributed by atoms with E-state index in [4.69, 9.17) is 0 Å². The summed E-state index contributed by atoms with van der Waals surface area (Å²) in [6, 6.07) is 3.87. The summed E-state index contributed by atoms with van der Waals surface area (Å²) in [5, 5.41) is 0. The second kappa shape index (κ2) is 5.41. The summed E-state index contributed by atoms with van der Waals surface area (Å²) in [6.07, 6.45) is 2.06. The Kier molecular flexibility index (Phi) is 3.71. The van der Waals surface area contributed by atoms with E-state index in [1.807, 2.05) is 31.7 Å². The molecule has 4 heteroatoms. The van der Waals surface area contributed by atoms with E-state index in [1.165, 1.54) is 5.56 Å². The van der Waals surface area contributed by atoms with Gasteiger partial charge >= 0.3 is 0 Å². The number of aryl methyl sites for hydroxylation is 3. The number of piperazine rings is 1. The van der Waals surface area contributed by atoms with Crippen molar-refractivity contribution >= 4 is 11.8 Å². The van der Waals surface area contributed by atoms with Gasteiger partial charge in [0.15, 0.2) is 0 Å². The molecule has 2 aliphatic rings. The summed E-state index contributed by atoms with van der Waals surface area (Å²) in [5.41, 5.74) is 4.03. The van der Waals surface area contributed by atoms with Crippen LogP contribution < -0.4 is 0 Å². The maximum absolute atomic E-state index is 13.0. The van der Waals surface area contributed by atoms with Crippen molar-refractivity contribution in [2.45, 2.75) is 52.6 Å². The van der Waals surface area contributed by atoms with Gasteiger partial charge in [-0.3, -0.25) is 9.59 Å². The van der Waals surface area contributed by atoms with Crippen molar-refractivity contribution in [3.63, 3.8) is 0 Å². The number of benzene rings is 1. The highest BCUT2D eigenvalue weighted by Crippen LogP contribution is 2.27. The van der Waals surface area contributed by atoms with Gasteiger partial charge in [0, 0.05) is 24.7 Å². The Balaban J connectivity index is 1.91. The van der Waals surface area contributed by atoms with E-state index >= 15 is 0 Å². The van der Waals surface area contributed by atoms with E-state index in [1.54, 1.807) is 4.90 Å². The third-order valence-electron chi connectivity index (χ3n) is 5.22. The van der Waals surface area contributed by atoms with Crippen LogP contribution in [-0.2, 0) is 4.79 Å². The first kappa shape index (κ1) is 15.1. The van der Waals surface area contributed by atoms with E-state index < -0.39 is 0 Å². The quantitative estimate of drug-likeness (QED) is 0.799. The van der Waals surface area contributed by atoms with Crippen molar-refractivity contribution in [2.75, 3.05) is 13.1 Å². The molecule has 1 aromatic carbocycles. The fourth-order valence-corrected chi connectivity index (χ4v) is 3.68. The largest absolute Gasteiger partial charge is 0.336 e. The smallest absolute Gasteiger partial charge is 0.254 e. The first-order chi connectivity index (χ1) is 10.4. The number of carbonyl (C=O) groups is 2. The molecule has 2 aliphatic heterocycles. The topological polar surface area (TPSA) is 40.6 Å². The standard InChI is InChI=1S/C18H24N2O2/c1-11-8-13(3)16(9-12(11)2)18(22)20-10-15-6-5-7-19(15)17(21)14(20)4/h8-9,14-15H,5-7,10H2,1-4H3/t14-,15-/m1/s1. The number of hydrogen-bond acceptors (Lipinski definition) is 2. The Bertz CT molecular complexity index is 638. The van der Waals surface area contributed by atoms with Gasteiger partial charge in [0.25, 0.3) is 5.91 Å². The minimum atomic E-state index is -0.358. The summed E-state index contributed by atoms with van der Waals surface area (Å²) < 4.78 is 0. The minimum absolute atomic E-state index is 0.00648. The molecule has 2 saturated heterocycles. The van der Waals surface area contributed by atoms with Gasteiger partial charge in [-0.05, 0) is 63.3 Å². The van der Waals surface area contributed by atoms with E-state index in [9.17, 15) is 9.59 Å². The molecule has 0 aliphatic carbocycles. The number of fused-ring (bicyclic) bond motifs is 1. The van der Waals surface area contributed by atoms with Crippen LogP contribution in [0.15, 0.2) is 12.1 Å². The highest BCUT2D eigenvalue weighted by Gasteiger charge is 2.42. The lowest BCUT2D eigenvalue weighted by Gasteiger charge is -2.41. The molecule has 2 atom stereocenters. The summed E-state index contributed by atoms with van der Waals surface area (Å²) >= 11 is 0. The fourth-order valence-electron chi connectivity index (χ4n) is 3.68. The van der Waals surface area contributed by atoms with Gasteiger partial charge in [-0.25, -0.2) is 0 Å². The Morgan fingerprint density at radius 1 is 1.14 bits per heavy atom. The van der Waals surface area contributed by atoms with Gasteiger partial charge in [-0.2, -0.15) is 0 Å². The predicted molar refractivity (Wildman–Crippen MR) is 85.9 cm³/mol. The average molecular weight is 300 g/mol. The van der Waals surface area contributed by atoms with Crippen molar-refractivity contribution < 1.29 is 9.59 Å². The molecular weight excluding hydrogens is 276 g/mol. The lowest BCUT2D eigenvalue weighted by molar-refractivity contribution is -0.141. The van der Waals surface area contributed by atoms with E-state index in [-0.39, 0.29) is 23.9 Å². The first-order valence-corrected chi connectivity index (χ1v) is 8.09. The van der Waals surface area contributed by atoms with Crippen molar-refractivity contribution in [2.24, 2.45) is 0 Å². The molecule has 0 spiro atoms. The molecule has 1 aromatic rings. The Labute approximate surface area is 132 Å². The monoisotopic (exact) mass is 300 g/mol. The fraction of sp³-hybridized carbons (Fsp3) is 0.556. The lowest BCUT2D eigenvalue weighted by atomic mass is 9.98. The Morgan fingerprint density at radius 2 is 1.82 bits per heavy atom. The second-order valence-electron chi connectivity index (χ2n) is 6.71. The van der Waals surface area contributed by atoms with E-state index in [0.29, 0.717) is 6.54 Å². The predicted octanol–water partition coefficient (Wildman–Crippen LogP) is 2.45. The van der Waals surface area contributed by atoms with Crippen LogP contribution in [-0.4, -0.2) is 46.8 Å². The van der Waals surface area contributed by atoms with Gasteiger partial charge in [-0.1, -0.05) is 6.07 Å². The van der Waals surface area contributed by atoms with Crippen molar-refractivity contribution in [1.29, 1.82) is 0 Å². The molecular formula is C18H24N2O2. The molecule has 3 rings (SSSR count). The third-order valence-corrected chi connectivity index (χ3v) is 5.22. The summed E-state index contributed by atoms with van der Waals surface area (Å²) in [7, 11) is 0. The zero-order chi connectivity index (χ0) is 16.0. The van der Waals surface area contributed by atoms with Crippen LogP contribution in [0.2, 0.25) is 0 Å². The highest BCUT2D eigenvalue weighted by atomic mass is 16.2. The van der Waals surface area contributed by atoms with Crippen LogP contribution in [0.25, 0.3) is 0 Å². The molecule has 22 heavy (non-hydrogen) atoms. The molecule has 0 unspecified atom stereocenters. The van der Waals surface area contributed by atoms with Crippen LogP contribution in [0.5, 0.6) is 0 Å². The molecule has 0 bridgehead atoms. The lowest BCUT2D eigenvalue weighted by Crippen LogP contribution is -2.60. The van der Waals surface area contributed by atoms with Gasteiger partial charge in [-0.15, -0.1) is 0 Å². The van der Waals surface area contributed by atoms with Crippen LogP contribution in [0.1, 0.15) is 46.8 Å². The maximum atomic E-state index is 13.0. The zero-order valence-electron chi connectivity index (χ0n) is 13.8. The average Bonchev–Trinajstić information content (AvgIpc) is 2.94.